The summed E-state index contributed by atoms with van der Waals surface area (Å²) < 4.78 is 11.3. The third-order valence-corrected chi connectivity index (χ3v) is 3.35. The van der Waals surface area contributed by atoms with Crippen molar-refractivity contribution in [3.8, 4) is 5.75 Å². The number of nitrogens with one attached hydrogen (secondary N) is 1. The minimum absolute atomic E-state index is 0.504. The standard InChI is InChI=1S/C14H17NO2/c1-10-8-17-14-7-12(4-5-13(10)14)16-9-11-3-2-6-15-11/h4-5,7-8,11,15H,2-3,6,9H2,1H3. The van der Waals surface area contributed by atoms with Gasteiger partial charge in [-0.15, -0.1) is 0 Å². The Kier molecular flexibility index (Phi) is 2.77. The summed E-state index contributed by atoms with van der Waals surface area (Å²) in [5.74, 6) is 0.889. The first-order chi connectivity index (χ1) is 8.33. The Morgan fingerprint density at radius 3 is 3.24 bits per heavy atom. The zero-order valence-electron chi connectivity index (χ0n) is 10.0. The van der Waals surface area contributed by atoms with Crippen LogP contribution in [0, 0.1) is 6.92 Å². The van der Waals surface area contributed by atoms with E-state index in [1.165, 1.54) is 18.4 Å². The Hall–Kier alpha value is -1.48. The highest BCUT2D eigenvalue weighted by molar-refractivity contribution is 5.81. The highest BCUT2D eigenvalue weighted by Crippen LogP contribution is 2.25. The van der Waals surface area contributed by atoms with Crippen molar-refractivity contribution in [3.05, 3.63) is 30.0 Å². The largest absolute Gasteiger partial charge is 0.492 e. The molecule has 1 aliphatic rings. The lowest BCUT2D eigenvalue weighted by molar-refractivity contribution is 0.277. The summed E-state index contributed by atoms with van der Waals surface area (Å²) >= 11 is 0. The van der Waals surface area contributed by atoms with Crippen LogP contribution in [-0.2, 0) is 0 Å². The zero-order chi connectivity index (χ0) is 11.7. The molecular weight excluding hydrogens is 214 g/mol. The number of hydrogen-bond donors (Lipinski definition) is 1. The molecule has 1 aromatic heterocycles. The lowest BCUT2D eigenvalue weighted by Crippen LogP contribution is -2.28. The summed E-state index contributed by atoms with van der Waals surface area (Å²) in [6.07, 6.45) is 4.25. The van der Waals surface area contributed by atoms with Gasteiger partial charge in [0.25, 0.3) is 0 Å². The van der Waals surface area contributed by atoms with Crippen molar-refractivity contribution in [2.75, 3.05) is 13.2 Å². The molecule has 2 heterocycles. The monoisotopic (exact) mass is 231 g/mol. The van der Waals surface area contributed by atoms with Gasteiger partial charge in [0.05, 0.1) is 6.26 Å². The number of benzene rings is 1. The van der Waals surface area contributed by atoms with Gasteiger partial charge in [-0.25, -0.2) is 0 Å². The van der Waals surface area contributed by atoms with E-state index in [2.05, 4.69) is 18.3 Å². The second kappa shape index (κ2) is 4.41. The number of hydrogen-bond acceptors (Lipinski definition) is 3. The van der Waals surface area contributed by atoms with Gasteiger partial charge in [0.1, 0.15) is 17.9 Å². The second-order valence-electron chi connectivity index (χ2n) is 4.68. The molecule has 1 atom stereocenters. The van der Waals surface area contributed by atoms with Gasteiger partial charge in [-0.3, -0.25) is 0 Å². The van der Waals surface area contributed by atoms with Gasteiger partial charge in [-0.05, 0) is 44.0 Å². The first-order valence-electron chi connectivity index (χ1n) is 6.17. The van der Waals surface area contributed by atoms with Gasteiger partial charge >= 0.3 is 0 Å². The third-order valence-electron chi connectivity index (χ3n) is 3.35. The van der Waals surface area contributed by atoms with Crippen LogP contribution in [0.25, 0.3) is 11.0 Å². The molecule has 90 valence electrons. The maximum atomic E-state index is 5.78. The average molecular weight is 231 g/mol. The molecule has 3 nitrogen and oxygen atoms in total. The average Bonchev–Trinajstić information content (AvgIpc) is 2.97. The van der Waals surface area contributed by atoms with E-state index >= 15 is 0 Å². The van der Waals surface area contributed by atoms with Crippen molar-refractivity contribution in [3.63, 3.8) is 0 Å². The quantitative estimate of drug-likeness (QED) is 0.882. The maximum Gasteiger partial charge on any atom is 0.137 e. The molecule has 1 aliphatic heterocycles. The molecule has 1 fully saturated rings. The number of aryl methyl sites for hydroxylation is 1. The summed E-state index contributed by atoms with van der Waals surface area (Å²) in [6.45, 7) is 3.91. The maximum absolute atomic E-state index is 5.78. The third kappa shape index (κ3) is 2.15. The predicted molar refractivity (Wildman–Crippen MR) is 67.5 cm³/mol. The van der Waals surface area contributed by atoms with Crippen LogP contribution in [0.5, 0.6) is 5.75 Å². The normalized spacial score (nSPS) is 19.9. The minimum atomic E-state index is 0.504. The van der Waals surface area contributed by atoms with Crippen LogP contribution in [-0.4, -0.2) is 19.2 Å². The van der Waals surface area contributed by atoms with Gasteiger partial charge in [0, 0.05) is 17.5 Å². The van der Waals surface area contributed by atoms with Crippen molar-refractivity contribution in [2.45, 2.75) is 25.8 Å². The SMILES string of the molecule is Cc1coc2cc(OCC3CCCN3)ccc12. The Morgan fingerprint density at radius 2 is 2.41 bits per heavy atom. The topological polar surface area (TPSA) is 34.4 Å². The summed E-state index contributed by atoms with van der Waals surface area (Å²) in [6, 6.07) is 6.55. The fraction of sp³-hybridized carbons (Fsp3) is 0.429. The Morgan fingerprint density at radius 1 is 1.47 bits per heavy atom. The molecule has 0 aliphatic carbocycles. The lowest BCUT2D eigenvalue weighted by atomic mass is 10.2. The van der Waals surface area contributed by atoms with E-state index in [1.807, 2.05) is 12.1 Å². The van der Waals surface area contributed by atoms with E-state index in [-0.39, 0.29) is 0 Å². The molecule has 0 saturated carbocycles. The second-order valence-corrected chi connectivity index (χ2v) is 4.68. The van der Waals surface area contributed by atoms with Gasteiger partial charge < -0.3 is 14.5 Å². The molecule has 2 aromatic rings. The summed E-state index contributed by atoms with van der Waals surface area (Å²) in [5, 5.41) is 4.58. The van der Waals surface area contributed by atoms with Crippen LogP contribution in [0.3, 0.4) is 0 Å². The Bertz CT molecular complexity index is 512. The van der Waals surface area contributed by atoms with E-state index in [0.29, 0.717) is 6.04 Å². The molecule has 0 spiro atoms. The molecule has 1 saturated heterocycles. The van der Waals surface area contributed by atoms with E-state index < -0.39 is 0 Å². The van der Waals surface area contributed by atoms with Gasteiger partial charge in [-0.1, -0.05) is 0 Å². The van der Waals surface area contributed by atoms with Crippen LogP contribution >= 0.6 is 0 Å². The van der Waals surface area contributed by atoms with E-state index in [4.69, 9.17) is 9.15 Å². The zero-order valence-corrected chi connectivity index (χ0v) is 10.0. The van der Waals surface area contributed by atoms with Crippen molar-refractivity contribution in [2.24, 2.45) is 0 Å². The van der Waals surface area contributed by atoms with Crippen LogP contribution in [0.1, 0.15) is 18.4 Å². The highest BCUT2D eigenvalue weighted by Gasteiger charge is 2.14. The first-order valence-corrected chi connectivity index (χ1v) is 6.17. The summed E-state index contributed by atoms with van der Waals surface area (Å²) in [4.78, 5) is 0. The number of ether oxygens (including phenoxy) is 1. The summed E-state index contributed by atoms with van der Waals surface area (Å²) in [7, 11) is 0. The smallest absolute Gasteiger partial charge is 0.137 e. The molecule has 1 N–H and O–H groups in total. The minimum Gasteiger partial charge on any atom is -0.492 e. The molecule has 0 amide bonds. The van der Waals surface area contributed by atoms with Crippen LogP contribution in [0.2, 0.25) is 0 Å². The molecule has 17 heavy (non-hydrogen) atoms. The van der Waals surface area contributed by atoms with Crippen molar-refractivity contribution >= 4 is 11.0 Å². The Labute approximate surface area is 101 Å². The van der Waals surface area contributed by atoms with Gasteiger partial charge in [0.15, 0.2) is 0 Å². The predicted octanol–water partition coefficient (Wildman–Crippen LogP) is 2.87. The van der Waals surface area contributed by atoms with Crippen LogP contribution in [0.15, 0.2) is 28.9 Å². The molecule has 1 aromatic carbocycles. The molecule has 0 bridgehead atoms. The van der Waals surface area contributed by atoms with Crippen molar-refractivity contribution in [1.82, 2.24) is 5.32 Å². The molecule has 3 rings (SSSR count). The molecule has 3 heteroatoms. The number of fused-ring (bicyclic) bond motifs is 1. The summed E-state index contributed by atoms with van der Waals surface area (Å²) in [5.41, 5.74) is 2.07. The Balaban J connectivity index is 1.72. The molecule has 0 radical (unpaired) electrons. The molecule has 1 unspecified atom stereocenters. The van der Waals surface area contributed by atoms with Crippen molar-refractivity contribution in [1.29, 1.82) is 0 Å². The van der Waals surface area contributed by atoms with Gasteiger partial charge in [-0.2, -0.15) is 0 Å². The van der Waals surface area contributed by atoms with Crippen molar-refractivity contribution < 1.29 is 9.15 Å². The fourth-order valence-electron chi connectivity index (χ4n) is 2.33. The number of rotatable bonds is 3. The lowest BCUT2D eigenvalue weighted by Gasteiger charge is -2.11. The van der Waals surface area contributed by atoms with E-state index in [0.717, 1.165) is 29.9 Å². The van der Waals surface area contributed by atoms with Crippen LogP contribution in [0.4, 0.5) is 0 Å². The fourth-order valence-corrected chi connectivity index (χ4v) is 2.33. The first kappa shape index (κ1) is 10.7. The van der Waals surface area contributed by atoms with E-state index in [9.17, 15) is 0 Å². The van der Waals surface area contributed by atoms with E-state index in [1.54, 1.807) is 6.26 Å². The highest BCUT2D eigenvalue weighted by atomic mass is 16.5. The van der Waals surface area contributed by atoms with Gasteiger partial charge in [0.2, 0.25) is 0 Å². The number of furan rings is 1. The van der Waals surface area contributed by atoms with Crippen LogP contribution < -0.4 is 10.1 Å². The molecular formula is C14H17NO2.